The zero-order valence-electron chi connectivity index (χ0n) is 6.79. The lowest BCUT2D eigenvalue weighted by Gasteiger charge is -2.27. The fraction of sp³-hybridized carbons (Fsp3) is 1.00. The Morgan fingerprint density at radius 2 is 1.91 bits per heavy atom. The molecule has 0 bridgehead atoms. The lowest BCUT2D eigenvalue weighted by atomic mass is 10.3. The number of rotatable bonds is 2. The van der Waals surface area contributed by atoms with Gasteiger partial charge >= 0.3 is 0 Å². The van der Waals surface area contributed by atoms with Gasteiger partial charge in [-0.2, -0.15) is 0 Å². The Morgan fingerprint density at radius 3 is 2.27 bits per heavy atom. The van der Waals surface area contributed by atoms with E-state index in [0.29, 0.717) is 12.8 Å². The van der Waals surface area contributed by atoms with Gasteiger partial charge in [0, 0.05) is 6.16 Å². The van der Waals surface area contributed by atoms with Crippen molar-refractivity contribution in [3.05, 3.63) is 0 Å². The summed E-state index contributed by atoms with van der Waals surface area (Å²) in [5.41, 5.74) is 0. The van der Waals surface area contributed by atoms with Crippen LogP contribution in [0.5, 0.6) is 0 Å². The molecule has 3 nitrogen and oxygen atoms in total. The lowest BCUT2D eigenvalue weighted by Crippen LogP contribution is -2.24. The standard InChI is InChI=1S/C7H15O3P/c1-2-11(9,10)7(8)5-3-4-6-7/h8H,2-6H2,1H3,(H,9,10). The number of aliphatic hydroxyl groups is 1. The van der Waals surface area contributed by atoms with Crippen LogP contribution in [0.4, 0.5) is 0 Å². The van der Waals surface area contributed by atoms with Gasteiger partial charge < -0.3 is 10.00 Å². The van der Waals surface area contributed by atoms with E-state index in [1.807, 2.05) is 0 Å². The predicted octanol–water partition coefficient (Wildman–Crippen LogP) is 1.54. The molecule has 0 aromatic rings. The summed E-state index contributed by atoms with van der Waals surface area (Å²) >= 11 is 0. The molecule has 0 heterocycles. The molecule has 0 aromatic carbocycles. The molecule has 1 aliphatic carbocycles. The maximum Gasteiger partial charge on any atom is 0.230 e. The maximum atomic E-state index is 11.4. The van der Waals surface area contributed by atoms with Crippen LogP contribution in [0.3, 0.4) is 0 Å². The summed E-state index contributed by atoms with van der Waals surface area (Å²) < 4.78 is 11.4. The highest BCUT2D eigenvalue weighted by atomic mass is 31.2. The molecule has 1 fully saturated rings. The SMILES string of the molecule is CCP(=O)(O)C1(O)CCCC1. The third-order valence-electron chi connectivity index (χ3n) is 2.48. The summed E-state index contributed by atoms with van der Waals surface area (Å²) in [7, 11) is -3.28. The van der Waals surface area contributed by atoms with Crippen LogP contribution in [0.25, 0.3) is 0 Å². The van der Waals surface area contributed by atoms with Gasteiger partial charge in [0.05, 0.1) is 0 Å². The van der Waals surface area contributed by atoms with Gasteiger partial charge in [-0.3, -0.25) is 4.57 Å². The molecule has 66 valence electrons. The van der Waals surface area contributed by atoms with Crippen molar-refractivity contribution in [2.45, 2.75) is 37.9 Å². The topological polar surface area (TPSA) is 57.5 Å². The largest absolute Gasteiger partial charge is 0.380 e. The Balaban J connectivity index is 2.78. The number of hydrogen-bond donors (Lipinski definition) is 2. The van der Waals surface area contributed by atoms with Gasteiger partial charge in [0.2, 0.25) is 7.37 Å². The van der Waals surface area contributed by atoms with Crippen molar-refractivity contribution in [1.29, 1.82) is 0 Å². The molecule has 0 radical (unpaired) electrons. The van der Waals surface area contributed by atoms with Crippen LogP contribution in [-0.4, -0.2) is 21.5 Å². The second kappa shape index (κ2) is 2.89. The Hall–Kier alpha value is 0.150. The molecule has 1 aliphatic rings. The molecule has 1 atom stereocenters. The highest BCUT2D eigenvalue weighted by Crippen LogP contribution is 2.59. The van der Waals surface area contributed by atoms with Gasteiger partial charge in [-0.25, -0.2) is 0 Å². The lowest BCUT2D eigenvalue weighted by molar-refractivity contribution is 0.117. The van der Waals surface area contributed by atoms with Crippen LogP contribution < -0.4 is 0 Å². The van der Waals surface area contributed by atoms with Crippen LogP contribution in [0.15, 0.2) is 0 Å². The average molecular weight is 178 g/mol. The first kappa shape index (κ1) is 9.24. The van der Waals surface area contributed by atoms with E-state index in [1.54, 1.807) is 6.92 Å². The van der Waals surface area contributed by atoms with Gasteiger partial charge in [0.25, 0.3) is 0 Å². The monoisotopic (exact) mass is 178 g/mol. The fourth-order valence-electron chi connectivity index (χ4n) is 1.58. The van der Waals surface area contributed by atoms with Crippen molar-refractivity contribution < 1.29 is 14.6 Å². The minimum atomic E-state index is -3.28. The Bertz CT molecular complexity index is 184. The van der Waals surface area contributed by atoms with Crippen LogP contribution in [-0.2, 0) is 4.57 Å². The van der Waals surface area contributed by atoms with Crippen LogP contribution in [0.1, 0.15) is 32.6 Å². The molecule has 11 heavy (non-hydrogen) atoms. The molecule has 2 N–H and O–H groups in total. The van der Waals surface area contributed by atoms with Crippen LogP contribution in [0, 0.1) is 0 Å². The Kier molecular flexibility index (Phi) is 2.43. The van der Waals surface area contributed by atoms with Crippen molar-refractivity contribution in [2.24, 2.45) is 0 Å². The summed E-state index contributed by atoms with van der Waals surface area (Å²) in [5.74, 6) is 0. The van der Waals surface area contributed by atoms with Crippen molar-refractivity contribution in [3.63, 3.8) is 0 Å². The first-order valence-corrected chi connectivity index (χ1v) is 5.91. The van der Waals surface area contributed by atoms with E-state index in [2.05, 4.69) is 0 Å². The third kappa shape index (κ3) is 1.51. The van der Waals surface area contributed by atoms with Crippen molar-refractivity contribution in [3.8, 4) is 0 Å². The van der Waals surface area contributed by atoms with E-state index in [4.69, 9.17) is 0 Å². The molecular formula is C7H15O3P. The molecule has 1 rings (SSSR count). The first-order valence-electron chi connectivity index (χ1n) is 4.06. The van der Waals surface area contributed by atoms with E-state index in [0.717, 1.165) is 12.8 Å². The predicted molar refractivity (Wildman–Crippen MR) is 43.8 cm³/mol. The van der Waals surface area contributed by atoms with Crippen LogP contribution in [0.2, 0.25) is 0 Å². The smallest absolute Gasteiger partial charge is 0.230 e. The van der Waals surface area contributed by atoms with E-state index in [1.165, 1.54) is 0 Å². The molecule has 4 heteroatoms. The minimum Gasteiger partial charge on any atom is -0.380 e. The summed E-state index contributed by atoms with van der Waals surface area (Å²) in [6.45, 7) is 1.65. The molecule has 0 saturated heterocycles. The number of hydrogen-bond acceptors (Lipinski definition) is 2. The fourth-order valence-corrected chi connectivity index (χ4v) is 3.19. The summed E-state index contributed by atoms with van der Waals surface area (Å²) in [6, 6.07) is 0. The second-order valence-electron chi connectivity index (χ2n) is 3.21. The second-order valence-corrected chi connectivity index (χ2v) is 6.08. The van der Waals surface area contributed by atoms with Crippen molar-refractivity contribution in [2.75, 3.05) is 6.16 Å². The molecule has 1 saturated carbocycles. The Morgan fingerprint density at radius 1 is 1.45 bits per heavy atom. The molecular weight excluding hydrogens is 163 g/mol. The molecule has 0 amide bonds. The van der Waals surface area contributed by atoms with E-state index < -0.39 is 12.7 Å². The summed E-state index contributed by atoms with van der Waals surface area (Å²) in [6.07, 6.45) is 2.93. The van der Waals surface area contributed by atoms with E-state index >= 15 is 0 Å². The van der Waals surface area contributed by atoms with Crippen molar-refractivity contribution >= 4 is 7.37 Å². The zero-order chi connectivity index (χ0) is 8.54. The van der Waals surface area contributed by atoms with Gasteiger partial charge in [-0.05, 0) is 25.7 Å². The zero-order valence-corrected chi connectivity index (χ0v) is 7.68. The molecule has 0 spiro atoms. The Labute approximate surface area is 66.9 Å². The minimum absolute atomic E-state index is 0.184. The van der Waals surface area contributed by atoms with Crippen molar-refractivity contribution in [1.82, 2.24) is 0 Å². The highest BCUT2D eigenvalue weighted by molar-refractivity contribution is 7.59. The first-order chi connectivity index (χ1) is 5.02. The molecule has 0 aliphatic heterocycles. The van der Waals surface area contributed by atoms with E-state index in [-0.39, 0.29) is 6.16 Å². The molecule has 1 unspecified atom stereocenters. The third-order valence-corrected chi connectivity index (χ3v) is 5.09. The maximum absolute atomic E-state index is 11.4. The van der Waals surface area contributed by atoms with Gasteiger partial charge in [-0.1, -0.05) is 6.92 Å². The van der Waals surface area contributed by atoms with Gasteiger partial charge in [-0.15, -0.1) is 0 Å². The summed E-state index contributed by atoms with van der Waals surface area (Å²) in [4.78, 5) is 9.39. The normalized spacial score (nSPS) is 28.3. The molecule has 0 aromatic heterocycles. The van der Waals surface area contributed by atoms with E-state index in [9.17, 15) is 14.6 Å². The summed E-state index contributed by atoms with van der Waals surface area (Å²) in [5, 5.41) is 8.46. The van der Waals surface area contributed by atoms with Gasteiger partial charge in [0.1, 0.15) is 5.34 Å². The van der Waals surface area contributed by atoms with Crippen LogP contribution >= 0.6 is 7.37 Å². The highest BCUT2D eigenvalue weighted by Gasteiger charge is 2.46. The van der Waals surface area contributed by atoms with Gasteiger partial charge in [0.15, 0.2) is 0 Å². The average Bonchev–Trinajstić information content (AvgIpc) is 2.38. The quantitative estimate of drug-likeness (QED) is 0.630.